The van der Waals surface area contributed by atoms with Gasteiger partial charge in [0.1, 0.15) is 21.5 Å². The third kappa shape index (κ3) is 20.7. The van der Waals surface area contributed by atoms with Crippen LogP contribution in [0.1, 0.15) is 28.7 Å². The molecule has 0 saturated heterocycles. The van der Waals surface area contributed by atoms with Crippen LogP contribution < -0.4 is 11.1 Å². The molecule has 0 aromatic heterocycles. The van der Waals surface area contributed by atoms with Gasteiger partial charge in [0.15, 0.2) is 0 Å². The normalized spacial score (nSPS) is 11.2. The largest absolute Gasteiger partial charge is 0.481 e. The molecule has 0 spiro atoms. The van der Waals surface area contributed by atoms with Crippen LogP contribution in [-0.2, 0) is 14.4 Å². The van der Waals surface area contributed by atoms with E-state index in [-0.39, 0.29) is 26.5 Å². The molecule has 0 aliphatic carbocycles. The van der Waals surface area contributed by atoms with Crippen molar-refractivity contribution < 1.29 is 19.5 Å². The highest BCUT2D eigenvalue weighted by Gasteiger charge is 2.05. The van der Waals surface area contributed by atoms with Crippen molar-refractivity contribution in [1.82, 2.24) is 5.32 Å². The van der Waals surface area contributed by atoms with E-state index in [2.05, 4.69) is 18.9 Å². The SMILES string of the molecule is C.C.[B][C@H](N)C(=O)O.[B][C@H](NC(C)=O)C(C)=O. The fraction of sp³-hybridized carbons (Fsp3) is 0.667. The number of hydrogen-bond donors (Lipinski definition) is 3. The number of nitrogens with one attached hydrogen (secondary N) is 1. The lowest BCUT2D eigenvalue weighted by Crippen LogP contribution is -2.38. The van der Waals surface area contributed by atoms with E-state index in [1.807, 2.05) is 0 Å². The van der Waals surface area contributed by atoms with Crippen LogP contribution in [0.5, 0.6) is 0 Å². The first-order valence-corrected chi connectivity index (χ1v) is 3.95. The number of carboxylic acids is 1. The number of ketones is 1. The third-order valence-electron chi connectivity index (χ3n) is 1.08. The maximum Gasteiger partial charge on any atom is 0.310 e. The maximum absolute atomic E-state index is 10.3. The quantitative estimate of drug-likeness (QED) is 0.550. The van der Waals surface area contributed by atoms with Crippen molar-refractivity contribution >= 4 is 33.4 Å². The van der Waals surface area contributed by atoms with Crippen molar-refractivity contribution in [2.45, 2.75) is 40.6 Å². The zero-order chi connectivity index (χ0) is 12.6. The van der Waals surface area contributed by atoms with Gasteiger partial charge in [0.25, 0.3) is 0 Å². The number of Topliss-reactive ketones (excluding diaryl/α,β-unsaturated/α-hetero) is 1. The van der Waals surface area contributed by atoms with E-state index in [9.17, 15) is 14.4 Å². The number of nitrogens with two attached hydrogens (primary N) is 1. The fourth-order valence-corrected chi connectivity index (χ4v) is 0.321. The van der Waals surface area contributed by atoms with Crippen molar-refractivity contribution in [1.29, 1.82) is 0 Å². The van der Waals surface area contributed by atoms with Crippen molar-refractivity contribution in [2.24, 2.45) is 5.73 Å². The Bertz CT molecular complexity index is 247. The van der Waals surface area contributed by atoms with Crippen LogP contribution in [0.15, 0.2) is 0 Å². The highest BCUT2D eigenvalue weighted by atomic mass is 16.4. The third-order valence-corrected chi connectivity index (χ3v) is 1.08. The highest BCUT2D eigenvalue weighted by Crippen LogP contribution is 1.76. The summed E-state index contributed by atoms with van der Waals surface area (Å²) < 4.78 is 0. The van der Waals surface area contributed by atoms with E-state index < -0.39 is 17.9 Å². The summed E-state index contributed by atoms with van der Waals surface area (Å²) in [5.74, 6) is -3.80. The van der Waals surface area contributed by atoms with Crippen LogP contribution >= 0.6 is 0 Å². The van der Waals surface area contributed by atoms with Gasteiger partial charge in [0.2, 0.25) is 5.91 Å². The lowest BCUT2D eigenvalue weighted by Gasteiger charge is -2.06. The minimum Gasteiger partial charge on any atom is -0.481 e. The molecular weight excluding hydrogens is 222 g/mol. The van der Waals surface area contributed by atoms with Crippen molar-refractivity contribution in [3.05, 3.63) is 0 Å². The van der Waals surface area contributed by atoms with Crippen LogP contribution in [0.25, 0.3) is 0 Å². The predicted molar refractivity (Wildman–Crippen MR) is 68.9 cm³/mol. The molecule has 0 aromatic rings. The predicted octanol–water partition coefficient (Wildman–Crippen LogP) is -0.997. The van der Waals surface area contributed by atoms with Gasteiger partial charge in [-0.2, -0.15) is 0 Å². The Morgan fingerprint density at radius 3 is 1.53 bits per heavy atom. The van der Waals surface area contributed by atoms with E-state index in [0.29, 0.717) is 0 Å². The van der Waals surface area contributed by atoms with E-state index in [1.165, 1.54) is 13.8 Å². The van der Waals surface area contributed by atoms with Gasteiger partial charge in [-0.05, 0) is 6.92 Å². The van der Waals surface area contributed by atoms with Gasteiger partial charge >= 0.3 is 5.97 Å². The van der Waals surface area contributed by atoms with Gasteiger partial charge in [0.05, 0.1) is 5.94 Å². The van der Waals surface area contributed by atoms with Crippen LogP contribution in [0, 0.1) is 0 Å². The Hall–Kier alpha value is -1.30. The van der Waals surface area contributed by atoms with Crippen LogP contribution in [0.4, 0.5) is 0 Å². The average Bonchev–Trinajstić information content (AvgIpc) is 2.03. The van der Waals surface area contributed by atoms with Gasteiger partial charge in [-0.1, -0.05) is 14.9 Å². The Morgan fingerprint density at radius 2 is 1.47 bits per heavy atom. The maximum atomic E-state index is 10.3. The average molecular weight is 242 g/mol. The molecule has 0 saturated carbocycles. The number of carbonyl (C=O) groups is 3. The van der Waals surface area contributed by atoms with Crippen LogP contribution in [-0.4, -0.2) is 50.3 Å². The molecule has 0 unspecified atom stereocenters. The monoisotopic (exact) mass is 242 g/mol. The summed E-state index contributed by atoms with van der Waals surface area (Å²) in [5.41, 5.74) is 4.61. The highest BCUT2D eigenvalue weighted by molar-refractivity contribution is 6.25. The smallest absolute Gasteiger partial charge is 0.310 e. The number of carboxylic acid groups (broad SMARTS) is 1. The number of hydrogen-bond acceptors (Lipinski definition) is 4. The van der Waals surface area contributed by atoms with E-state index >= 15 is 0 Å². The first kappa shape index (κ1) is 24.8. The fourth-order valence-electron chi connectivity index (χ4n) is 0.321. The summed E-state index contributed by atoms with van der Waals surface area (Å²) in [6, 6.07) is 0. The summed E-state index contributed by atoms with van der Waals surface area (Å²) in [6.07, 6.45) is 0. The summed E-state index contributed by atoms with van der Waals surface area (Å²) in [7, 11) is 9.75. The molecule has 17 heavy (non-hydrogen) atoms. The molecule has 0 heterocycles. The molecule has 1 amide bonds. The Morgan fingerprint density at radius 1 is 1.18 bits per heavy atom. The van der Waals surface area contributed by atoms with Gasteiger partial charge in [-0.15, -0.1) is 0 Å². The standard InChI is InChI=1S/C5H8BNO2.C2H4BNO2.2CH4/c1-3(8)5(6)7-4(2)9;3-1(4)2(5)6;;/h5H,1-2H3,(H,7,9);1H,4H2,(H,5,6);2*1H4/t5-;1-;;/m11../s1. The van der Waals surface area contributed by atoms with Crippen LogP contribution in [0.3, 0.4) is 0 Å². The lowest BCUT2D eigenvalue weighted by atomic mass is 9.93. The molecule has 0 rings (SSSR count). The lowest BCUT2D eigenvalue weighted by molar-refractivity contribution is -0.136. The number of rotatable bonds is 3. The molecule has 0 fully saturated rings. The minimum absolute atomic E-state index is 0. The molecule has 96 valence electrons. The van der Waals surface area contributed by atoms with Gasteiger partial charge in [-0.3, -0.25) is 14.4 Å². The molecule has 0 aromatic carbocycles. The molecule has 0 aliphatic rings. The minimum atomic E-state index is -1.23. The first-order chi connectivity index (χ1) is 6.68. The van der Waals surface area contributed by atoms with Crippen molar-refractivity contribution in [3.63, 3.8) is 0 Å². The van der Waals surface area contributed by atoms with Crippen molar-refractivity contribution in [3.8, 4) is 0 Å². The Balaban J connectivity index is -0.0000000945. The molecule has 0 bridgehead atoms. The number of aliphatic carboxylic acids is 1. The molecule has 2 atom stereocenters. The zero-order valence-electron chi connectivity index (χ0n) is 8.56. The molecule has 4 N–H and O–H groups in total. The number of carbonyl (C=O) groups excluding carboxylic acids is 2. The molecular formula is C9H20B2N2O4. The van der Waals surface area contributed by atoms with Crippen molar-refractivity contribution in [2.75, 3.05) is 0 Å². The topological polar surface area (TPSA) is 109 Å². The van der Waals surface area contributed by atoms with Gasteiger partial charge in [-0.25, -0.2) is 0 Å². The first-order valence-electron chi connectivity index (χ1n) is 3.95. The summed E-state index contributed by atoms with van der Waals surface area (Å²) in [6.45, 7) is 2.63. The second-order valence-corrected chi connectivity index (χ2v) is 2.65. The summed E-state index contributed by atoms with van der Waals surface area (Å²) in [5, 5.41) is 9.97. The second-order valence-electron chi connectivity index (χ2n) is 2.65. The summed E-state index contributed by atoms with van der Waals surface area (Å²) in [4.78, 5) is 30.0. The molecule has 0 aliphatic heterocycles. The second kappa shape index (κ2) is 12.8. The summed E-state index contributed by atoms with van der Waals surface area (Å²) >= 11 is 0. The van der Waals surface area contributed by atoms with E-state index in [0.717, 1.165) is 0 Å². The molecule has 6 nitrogen and oxygen atoms in total. The molecule has 8 heteroatoms. The molecule has 4 radical (unpaired) electrons. The number of amides is 1. The zero-order valence-corrected chi connectivity index (χ0v) is 8.56. The van der Waals surface area contributed by atoms with Crippen LogP contribution in [0.2, 0.25) is 0 Å². The van der Waals surface area contributed by atoms with E-state index in [4.69, 9.17) is 13.0 Å². The van der Waals surface area contributed by atoms with Gasteiger partial charge < -0.3 is 16.2 Å². The van der Waals surface area contributed by atoms with E-state index in [1.54, 1.807) is 0 Å². The Labute approximate surface area is 105 Å². The Kier molecular flexibility index (Phi) is 18.6. The van der Waals surface area contributed by atoms with Gasteiger partial charge in [0, 0.05) is 12.9 Å².